The number of carbonyl (C=O) groups excluding carboxylic acids is 1. The van der Waals surface area contributed by atoms with Crippen LogP contribution in [0.4, 0.5) is 0 Å². The molecule has 1 atom stereocenters. The molecule has 4 heteroatoms. The monoisotopic (exact) mass is 435 g/mol. The van der Waals surface area contributed by atoms with Gasteiger partial charge in [-0.15, -0.1) is 0 Å². The number of carbonyl (C=O) groups is 1. The van der Waals surface area contributed by atoms with Crippen LogP contribution >= 0.6 is 0 Å². The molecule has 1 amide bonds. The van der Waals surface area contributed by atoms with Gasteiger partial charge in [-0.2, -0.15) is 5.10 Å². The average molecular weight is 436 g/mol. The molecule has 3 aromatic carbocycles. The number of fused-ring (bicyclic) bond motifs is 1. The van der Waals surface area contributed by atoms with Gasteiger partial charge >= 0.3 is 0 Å². The lowest BCUT2D eigenvalue weighted by Crippen LogP contribution is -2.29. The van der Waals surface area contributed by atoms with Crippen molar-refractivity contribution in [2.75, 3.05) is 0 Å². The minimum atomic E-state index is -0.190. The number of aryl methyl sites for hydroxylation is 2. The zero-order valence-corrected chi connectivity index (χ0v) is 19.6. The number of rotatable bonds is 5. The normalized spacial score (nSPS) is 15.4. The molecule has 4 aromatic rings. The topological polar surface area (TPSA) is 49.0 Å². The summed E-state index contributed by atoms with van der Waals surface area (Å²) in [6, 6.07) is 25.2. The van der Waals surface area contributed by atoms with Crippen LogP contribution in [0.15, 0.2) is 72.8 Å². The van der Waals surface area contributed by atoms with E-state index in [1.807, 2.05) is 4.90 Å². The first-order chi connectivity index (χ1) is 15.9. The van der Waals surface area contributed by atoms with E-state index in [1.165, 1.54) is 16.7 Å². The molecule has 1 aromatic heterocycles. The van der Waals surface area contributed by atoms with E-state index in [1.54, 1.807) is 0 Å². The Morgan fingerprint density at radius 2 is 1.48 bits per heavy atom. The zero-order chi connectivity index (χ0) is 23.1. The van der Waals surface area contributed by atoms with Crippen LogP contribution in [-0.4, -0.2) is 21.0 Å². The van der Waals surface area contributed by atoms with E-state index in [9.17, 15) is 4.79 Å². The van der Waals surface area contributed by atoms with Crippen LogP contribution in [0.2, 0.25) is 0 Å². The quantitative estimate of drug-likeness (QED) is 0.386. The number of aromatic amines is 1. The largest absolute Gasteiger partial charge is 0.322 e. The minimum Gasteiger partial charge on any atom is -0.322 e. The van der Waals surface area contributed by atoms with Crippen molar-refractivity contribution in [3.05, 3.63) is 112 Å². The van der Waals surface area contributed by atoms with Gasteiger partial charge in [-0.25, -0.2) is 0 Å². The first-order valence-electron chi connectivity index (χ1n) is 11.5. The van der Waals surface area contributed by atoms with Crippen LogP contribution in [0, 0.1) is 13.8 Å². The first kappa shape index (κ1) is 21.2. The maximum atomic E-state index is 13.6. The Labute approximate surface area is 195 Å². The Bertz CT molecular complexity index is 1280. The van der Waals surface area contributed by atoms with Crippen LogP contribution in [-0.2, 0) is 6.54 Å². The molecule has 5 rings (SSSR count). The van der Waals surface area contributed by atoms with Crippen molar-refractivity contribution in [1.29, 1.82) is 0 Å². The molecule has 4 nitrogen and oxygen atoms in total. The second-order valence-electron chi connectivity index (χ2n) is 9.37. The highest BCUT2D eigenvalue weighted by Gasteiger charge is 2.42. The number of amides is 1. The third-order valence-electron chi connectivity index (χ3n) is 6.58. The Hall–Kier alpha value is -3.66. The molecule has 0 saturated heterocycles. The average Bonchev–Trinajstić information content (AvgIpc) is 3.35. The molecule has 1 unspecified atom stereocenters. The van der Waals surface area contributed by atoms with Gasteiger partial charge in [0.2, 0.25) is 0 Å². The van der Waals surface area contributed by atoms with Gasteiger partial charge in [0.25, 0.3) is 5.91 Å². The van der Waals surface area contributed by atoms with Crippen LogP contribution in [0.5, 0.6) is 0 Å². The SMILES string of the molecule is Cc1ccc(CN2C(=O)c3[nH]nc(-c4ccc(C)cc4)c3C2c2ccc(C(C)C)cc2)cc1. The number of nitrogens with zero attached hydrogens (tertiary/aromatic N) is 2. The highest BCUT2D eigenvalue weighted by Crippen LogP contribution is 2.43. The molecule has 0 saturated carbocycles. The maximum Gasteiger partial charge on any atom is 0.273 e. The van der Waals surface area contributed by atoms with E-state index in [4.69, 9.17) is 0 Å². The van der Waals surface area contributed by atoms with Crippen LogP contribution in [0.25, 0.3) is 11.3 Å². The summed E-state index contributed by atoms with van der Waals surface area (Å²) in [5.41, 5.74) is 9.35. The van der Waals surface area contributed by atoms with Crippen LogP contribution < -0.4 is 0 Å². The fourth-order valence-electron chi connectivity index (χ4n) is 4.59. The number of H-pyrrole nitrogens is 1. The Balaban J connectivity index is 1.62. The van der Waals surface area contributed by atoms with Gasteiger partial charge in [0.05, 0.1) is 11.7 Å². The number of hydrogen-bond donors (Lipinski definition) is 1. The molecule has 0 spiro atoms. The molecular formula is C29H29N3O. The molecule has 1 aliphatic heterocycles. The van der Waals surface area contributed by atoms with E-state index < -0.39 is 0 Å². The fraction of sp³-hybridized carbons (Fsp3) is 0.241. The third-order valence-corrected chi connectivity index (χ3v) is 6.58. The van der Waals surface area contributed by atoms with Crippen molar-refractivity contribution in [2.45, 2.75) is 46.2 Å². The molecule has 0 fully saturated rings. The number of aromatic nitrogens is 2. The van der Waals surface area contributed by atoms with E-state index >= 15 is 0 Å². The lowest BCUT2D eigenvalue weighted by atomic mass is 9.93. The lowest BCUT2D eigenvalue weighted by molar-refractivity contribution is 0.0730. The Kier molecular flexibility index (Phi) is 5.37. The second-order valence-corrected chi connectivity index (χ2v) is 9.37. The van der Waals surface area contributed by atoms with E-state index in [0.29, 0.717) is 18.2 Å². The standard InChI is InChI=1S/C29H29N3O/c1-18(2)22-13-15-24(16-14-22)28-25-26(23-11-7-20(4)8-12-23)30-31-27(25)29(33)32(28)17-21-9-5-19(3)6-10-21/h5-16,18,28H,17H2,1-4H3,(H,30,31). The van der Waals surface area contributed by atoms with Gasteiger partial charge in [0.15, 0.2) is 0 Å². The molecule has 1 aliphatic rings. The maximum absolute atomic E-state index is 13.6. The Morgan fingerprint density at radius 1 is 0.879 bits per heavy atom. The highest BCUT2D eigenvalue weighted by molar-refractivity contribution is 6.00. The summed E-state index contributed by atoms with van der Waals surface area (Å²) in [5.74, 6) is 0.454. The van der Waals surface area contributed by atoms with Gasteiger partial charge in [0.1, 0.15) is 5.69 Å². The van der Waals surface area contributed by atoms with Gasteiger partial charge in [-0.05, 0) is 36.5 Å². The van der Waals surface area contributed by atoms with Crippen molar-refractivity contribution in [2.24, 2.45) is 0 Å². The summed E-state index contributed by atoms with van der Waals surface area (Å²) in [6.45, 7) is 9.09. The molecule has 0 radical (unpaired) electrons. The van der Waals surface area contributed by atoms with Crippen molar-refractivity contribution in [1.82, 2.24) is 15.1 Å². The molecule has 1 N–H and O–H groups in total. The highest BCUT2D eigenvalue weighted by atomic mass is 16.2. The summed E-state index contributed by atoms with van der Waals surface area (Å²) >= 11 is 0. The Morgan fingerprint density at radius 3 is 2.09 bits per heavy atom. The van der Waals surface area contributed by atoms with Gasteiger partial charge in [-0.1, -0.05) is 97.8 Å². The summed E-state index contributed by atoms with van der Waals surface area (Å²) in [7, 11) is 0. The van der Waals surface area contributed by atoms with Crippen LogP contribution in [0.3, 0.4) is 0 Å². The molecule has 2 heterocycles. The first-order valence-corrected chi connectivity index (χ1v) is 11.5. The number of hydrogen-bond acceptors (Lipinski definition) is 2. The van der Waals surface area contributed by atoms with Crippen molar-refractivity contribution < 1.29 is 4.79 Å². The fourth-order valence-corrected chi connectivity index (χ4v) is 4.59. The molecular weight excluding hydrogens is 406 g/mol. The third kappa shape index (κ3) is 3.86. The number of nitrogens with one attached hydrogen (secondary N) is 1. The summed E-state index contributed by atoms with van der Waals surface area (Å²) in [5, 5.41) is 7.65. The van der Waals surface area contributed by atoms with Gasteiger partial charge in [-0.3, -0.25) is 9.89 Å². The summed E-state index contributed by atoms with van der Waals surface area (Å²) in [4.78, 5) is 15.5. The molecule has 33 heavy (non-hydrogen) atoms. The van der Waals surface area contributed by atoms with Crippen molar-refractivity contribution in [3.63, 3.8) is 0 Å². The summed E-state index contributed by atoms with van der Waals surface area (Å²) in [6.07, 6.45) is 0. The predicted octanol–water partition coefficient (Wildman–Crippen LogP) is 6.56. The summed E-state index contributed by atoms with van der Waals surface area (Å²) < 4.78 is 0. The number of benzene rings is 3. The van der Waals surface area contributed by atoms with Gasteiger partial charge < -0.3 is 4.90 Å². The molecule has 0 bridgehead atoms. The van der Waals surface area contributed by atoms with Crippen LogP contribution in [0.1, 0.15) is 69.7 Å². The van der Waals surface area contributed by atoms with Gasteiger partial charge in [0, 0.05) is 17.7 Å². The molecule has 166 valence electrons. The molecule has 0 aliphatic carbocycles. The minimum absolute atomic E-state index is 0.00521. The van der Waals surface area contributed by atoms with E-state index in [-0.39, 0.29) is 11.9 Å². The van der Waals surface area contributed by atoms with E-state index in [2.05, 4.69) is 111 Å². The predicted molar refractivity (Wildman–Crippen MR) is 132 cm³/mol. The van der Waals surface area contributed by atoms with E-state index in [0.717, 1.165) is 27.9 Å². The van der Waals surface area contributed by atoms with Crippen molar-refractivity contribution in [3.8, 4) is 11.3 Å². The zero-order valence-electron chi connectivity index (χ0n) is 19.6. The smallest absolute Gasteiger partial charge is 0.273 e. The second kappa shape index (κ2) is 8.36. The van der Waals surface area contributed by atoms with Crippen molar-refractivity contribution >= 4 is 5.91 Å². The lowest BCUT2D eigenvalue weighted by Gasteiger charge is -2.27.